The van der Waals surface area contributed by atoms with E-state index in [2.05, 4.69) is 25.8 Å². The molecule has 1 aromatic heterocycles. The van der Waals surface area contributed by atoms with Crippen LogP contribution in [0.3, 0.4) is 0 Å². The molecule has 1 heterocycles. The fourth-order valence-corrected chi connectivity index (χ4v) is 1.76. The summed E-state index contributed by atoms with van der Waals surface area (Å²) in [5.41, 5.74) is 6.19. The lowest BCUT2D eigenvalue weighted by Crippen LogP contribution is -2.39. The Kier molecular flexibility index (Phi) is 4.33. The lowest BCUT2D eigenvalue weighted by atomic mass is 9.91. The van der Waals surface area contributed by atoms with Crippen molar-refractivity contribution in [1.29, 1.82) is 0 Å². The summed E-state index contributed by atoms with van der Waals surface area (Å²) in [6.45, 7) is 10.1. The van der Waals surface area contributed by atoms with Crippen molar-refractivity contribution in [2.75, 3.05) is 10.6 Å². The highest BCUT2D eigenvalue weighted by atomic mass is 16.2. The Hall–Kier alpha value is -1.58. The molecule has 0 unspecified atom stereocenters. The number of nitrogens with two attached hydrogens (primary N) is 1. The average Bonchev–Trinajstić information content (AvgIpc) is 2.18. The van der Waals surface area contributed by atoms with Gasteiger partial charge in [-0.1, -0.05) is 20.8 Å². The van der Waals surface area contributed by atoms with Crippen LogP contribution >= 0.6 is 0 Å². The number of hydrogen-bond acceptors (Lipinski definition) is 3. The van der Waals surface area contributed by atoms with E-state index in [9.17, 15) is 4.79 Å². The van der Waals surface area contributed by atoms with Crippen molar-refractivity contribution in [3.05, 3.63) is 18.3 Å². The molecule has 1 aromatic rings. The van der Waals surface area contributed by atoms with Gasteiger partial charge in [-0.25, -0.2) is 4.98 Å². The Morgan fingerprint density at radius 3 is 2.39 bits per heavy atom. The largest absolute Gasteiger partial charge is 0.397 e. The first-order valence-electron chi connectivity index (χ1n) is 6.24. The Bertz CT molecular complexity index is 404. The van der Waals surface area contributed by atoms with Crippen LogP contribution in [0.4, 0.5) is 11.5 Å². The minimum absolute atomic E-state index is 0.0297. The van der Waals surface area contributed by atoms with Gasteiger partial charge in [-0.15, -0.1) is 0 Å². The molecule has 0 aliphatic carbocycles. The lowest BCUT2D eigenvalue weighted by Gasteiger charge is -2.29. The number of anilines is 2. The number of hydrogen-bond donors (Lipinski definition) is 1. The zero-order valence-corrected chi connectivity index (χ0v) is 11.9. The molecule has 0 aliphatic rings. The fourth-order valence-electron chi connectivity index (χ4n) is 1.76. The second-order valence-corrected chi connectivity index (χ2v) is 6.04. The van der Waals surface area contributed by atoms with Crippen LogP contribution in [0.15, 0.2) is 18.3 Å². The molecule has 4 nitrogen and oxygen atoms in total. The van der Waals surface area contributed by atoms with Gasteiger partial charge in [-0.3, -0.25) is 9.69 Å². The molecule has 4 heteroatoms. The van der Waals surface area contributed by atoms with E-state index in [-0.39, 0.29) is 17.4 Å². The molecule has 100 valence electrons. The fraction of sp³-hybridized carbons (Fsp3) is 0.571. The Labute approximate surface area is 109 Å². The molecule has 0 bridgehead atoms. The van der Waals surface area contributed by atoms with Gasteiger partial charge in [-0.05, 0) is 31.4 Å². The summed E-state index contributed by atoms with van der Waals surface area (Å²) in [6, 6.07) is 3.63. The topological polar surface area (TPSA) is 59.2 Å². The van der Waals surface area contributed by atoms with Crippen molar-refractivity contribution in [2.45, 2.75) is 47.1 Å². The number of amides is 1. The summed E-state index contributed by atoms with van der Waals surface area (Å²) in [5, 5.41) is 0. The highest BCUT2D eigenvalue weighted by molar-refractivity contribution is 5.93. The molecule has 0 radical (unpaired) electrons. The second kappa shape index (κ2) is 5.38. The van der Waals surface area contributed by atoms with E-state index >= 15 is 0 Å². The SMILES string of the molecule is CC(C)N(C(=O)CC(C)(C)C)c1ccc(N)cn1. The first kappa shape index (κ1) is 14.5. The summed E-state index contributed by atoms with van der Waals surface area (Å²) < 4.78 is 0. The minimum atomic E-state index is -0.0297. The first-order valence-corrected chi connectivity index (χ1v) is 6.24. The Morgan fingerprint density at radius 1 is 1.39 bits per heavy atom. The van der Waals surface area contributed by atoms with E-state index in [4.69, 9.17) is 5.73 Å². The third kappa shape index (κ3) is 4.02. The summed E-state index contributed by atoms with van der Waals surface area (Å²) in [4.78, 5) is 18.3. The van der Waals surface area contributed by atoms with Gasteiger partial charge in [0.1, 0.15) is 5.82 Å². The predicted molar refractivity (Wildman–Crippen MR) is 75.3 cm³/mol. The van der Waals surface area contributed by atoms with Crippen LogP contribution < -0.4 is 10.6 Å². The maximum absolute atomic E-state index is 12.3. The van der Waals surface area contributed by atoms with Gasteiger partial charge in [0.2, 0.25) is 5.91 Å². The van der Waals surface area contributed by atoms with Crippen LogP contribution in [0.2, 0.25) is 0 Å². The van der Waals surface area contributed by atoms with Crippen molar-refractivity contribution in [3.63, 3.8) is 0 Å². The zero-order chi connectivity index (χ0) is 13.9. The average molecular weight is 249 g/mol. The number of carbonyl (C=O) groups excluding carboxylic acids is 1. The van der Waals surface area contributed by atoms with E-state index in [0.717, 1.165) is 0 Å². The van der Waals surface area contributed by atoms with E-state index in [1.807, 2.05) is 13.8 Å². The smallest absolute Gasteiger partial charge is 0.228 e. The van der Waals surface area contributed by atoms with Crippen molar-refractivity contribution in [1.82, 2.24) is 4.98 Å². The van der Waals surface area contributed by atoms with E-state index in [1.165, 1.54) is 0 Å². The Morgan fingerprint density at radius 2 is 2.00 bits per heavy atom. The standard InChI is InChI=1S/C14H23N3O/c1-10(2)17(13(18)8-14(3,4)5)12-7-6-11(15)9-16-12/h6-7,9-10H,8,15H2,1-5H3. The molecule has 0 aromatic carbocycles. The van der Waals surface area contributed by atoms with Crippen LogP contribution in [0.5, 0.6) is 0 Å². The molecular weight excluding hydrogens is 226 g/mol. The number of rotatable bonds is 3. The molecule has 2 N–H and O–H groups in total. The number of pyridine rings is 1. The van der Waals surface area contributed by atoms with Gasteiger partial charge >= 0.3 is 0 Å². The Balaban J connectivity index is 2.96. The second-order valence-electron chi connectivity index (χ2n) is 6.04. The van der Waals surface area contributed by atoms with E-state index in [1.54, 1.807) is 23.2 Å². The normalized spacial score (nSPS) is 11.7. The van der Waals surface area contributed by atoms with Crippen molar-refractivity contribution in [3.8, 4) is 0 Å². The van der Waals surface area contributed by atoms with Crippen LogP contribution in [0.25, 0.3) is 0 Å². The molecule has 0 spiro atoms. The number of aromatic nitrogens is 1. The lowest BCUT2D eigenvalue weighted by molar-refractivity contribution is -0.120. The highest BCUT2D eigenvalue weighted by Gasteiger charge is 2.24. The molecule has 0 atom stereocenters. The summed E-state index contributed by atoms with van der Waals surface area (Å²) in [5.74, 6) is 0.753. The quantitative estimate of drug-likeness (QED) is 0.896. The van der Waals surface area contributed by atoms with Crippen LogP contribution in [0.1, 0.15) is 41.0 Å². The van der Waals surface area contributed by atoms with Gasteiger partial charge < -0.3 is 5.73 Å². The van der Waals surface area contributed by atoms with Gasteiger partial charge in [0.15, 0.2) is 0 Å². The molecule has 1 rings (SSSR count). The molecule has 0 saturated heterocycles. The monoisotopic (exact) mass is 249 g/mol. The maximum atomic E-state index is 12.3. The van der Waals surface area contributed by atoms with Crippen LogP contribution in [0, 0.1) is 5.41 Å². The minimum Gasteiger partial charge on any atom is -0.397 e. The number of carbonyl (C=O) groups is 1. The summed E-state index contributed by atoms with van der Waals surface area (Å²) in [6.07, 6.45) is 2.08. The third-order valence-electron chi connectivity index (χ3n) is 2.48. The van der Waals surface area contributed by atoms with Crippen molar-refractivity contribution in [2.24, 2.45) is 5.41 Å². The summed E-state index contributed by atoms with van der Waals surface area (Å²) in [7, 11) is 0. The maximum Gasteiger partial charge on any atom is 0.228 e. The van der Waals surface area contributed by atoms with Crippen LogP contribution in [-0.2, 0) is 4.79 Å². The molecule has 0 fully saturated rings. The predicted octanol–water partition coefficient (Wildman–Crippen LogP) is 2.84. The molecule has 0 saturated carbocycles. The van der Waals surface area contributed by atoms with Crippen molar-refractivity contribution >= 4 is 17.4 Å². The van der Waals surface area contributed by atoms with Gasteiger partial charge in [0.05, 0.1) is 11.9 Å². The van der Waals surface area contributed by atoms with E-state index < -0.39 is 0 Å². The molecule has 1 amide bonds. The molecule has 18 heavy (non-hydrogen) atoms. The first-order chi connectivity index (χ1) is 8.20. The van der Waals surface area contributed by atoms with Crippen LogP contribution in [-0.4, -0.2) is 16.9 Å². The van der Waals surface area contributed by atoms with E-state index in [0.29, 0.717) is 17.9 Å². The molecular formula is C14H23N3O. The highest BCUT2D eigenvalue weighted by Crippen LogP contribution is 2.23. The zero-order valence-electron chi connectivity index (χ0n) is 11.9. The van der Waals surface area contributed by atoms with Crippen molar-refractivity contribution < 1.29 is 4.79 Å². The summed E-state index contributed by atoms with van der Waals surface area (Å²) >= 11 is 0. The van der Waals surface area contributed by atoms with Gasteiger partial charge in [0.25, 0.3) is 0 Å². The number of nitrogen functional groups attached to an aromatic ring is 1. The molecule has 0 aliphatic heterocycles. The van der Waals surface area contributed by atoms with Gasteiger partial charge in [-0.2, -0.15) is 0 Å². The third-order valence-corrected chi connectivity index (χ3v) is 2.48. The van der Waals surface area contributed by atoms with Gasteiger partial charge in [0, 0.05) is 12.5 Å². The number of nitrogens with zero attached hydrogens (tertiary/aromatic N) is 2.